The second-order valence-corrected chi connectivity index (χ2v) is 8.53. The Balaban J connectivity index is 1.60. The zero-order valence-electron chi connectivity index (χ0n) is 21.0. The molecule has 0 radical (unpaired) electrons. The van der Waals surface area contributed by atoms with Crippen LogP contribution in [0.4, 0.5) is 5.69 Å². The third-order valence-electron chi connectivity index (χ3n) is 5.56. The summed E-state index contributed by atoms with van der Waals surface area (Å²) in [7, 11) is 3.03. The molecule has 3 aromatic heterocycles. The molecule has 10 nitrogen and oxygen atoms in total. The predicted octanol–water partition coefficient (Wildman–Crippen LogP) is 4.70. The number of fused-ring (bicyclic) bond motifs is 1. The smallest absolute Gasteiger partial charge is 0.339 e. The predicted molar refractivity (Wildman–Crippen MR) is 134 cm³/mol. The third kappa shape index (κ3) is 5.02. The lowest BCUT2D eigenvalue weighted by atomic mass is 10.1. The van der Waals surface area contributed by atoms with Gasteiger partial charge in [-0.1, -0.05) is 0 Å². The zero-order valence-corrected chi connectivity index (χ0v) is 21.0. The molecule has 0 saturated carbocycles. The van der Waals surface area contributed by atoms with Gasteiger partial charge in [0.25, 0.3) is 5.91 Å². The van der Waals surface area contributed by atoms with Crippen molar-refractivity contribution in [3.8, 4) is 22.8 Å². The molecule has 4 aromatic rings. The van der Waals surface area contributed by atoms with Gasteiger partial charge in [-0.3, -0.25) is 4.79 Å². The maximum Gasteiger partial charge on any atom is 0.339 e. The van der Waals surface area contributed by atoms with E-state index < -0.39 is 18.5 Å². The molecule has 0 bridgehead atoms. The summed E-state index contributed by atoms with van der Waals surface area (Å²) >= 11 is 0. The number of amides is 1. The SMILES string of the molecule is COc1cc(NC(=O)COC(=O)c2cc(-c3cc(C)oc3C)nc3c2cnn3C(C)C)cc(OC)c1. The number of benzene rings is 1. The Labute approximate surface area is 208 Å². The van der Waals surface area contributed by atoms with Crippen molar-refractivity contribution in [3.05, 3.63) is 53.6 Å². The average molecular weight is 493 g/mol. The monoisotopic (exact) mass is 492 g/mol. The molecule has 0 spiro atoms. The number of ether oxygens (including phenoxy) is 3. The van der Waals surface area contributed by atoms with E-state index in [0.717, 1.165) is 11.3 Å². The molecule has 188 valence electrons. The van der Waals surface area contributed by atoms with Crippen LogP contribution < -0.4 is 14.8 Å². The topological polar surface area (TPSA) is 118 Å². The number of hydrogen-bond acceptors (Lipinski definition) is 8. The van der Waals surface area contributed by atoms with E-state index in [4.69, 9.17) is 23.6 Å². The molecule has 3 heterocycles. The molecule has 0 aliphatic heterocycles. The van der Waals surface area contributed by atoms with Crippen molar-refractivity contribution in [2.75, 3.05) is 26.1 Å². The Morgan fingerprint density at radius 3 is 2.33 bits per heavy atom. The first kappa shape index (κ1) is 24.8. The van der Waals surface area contributed by atoms with Gasteiger partial charge in [0.15, 0.2) is 12.3 Å². The van der Waals surface area contributed by atoms with Crippen LogP contribution in [0.2, 0.25) is 0 Å². The van der Waals surface area contributed by atoms with E-state index in [-0.39, 0.29) is 11.6 Å². The number of hydrogen-bond donors (Lipinski definition) is 1. The quantitative estimate of drug-likeness (QED) is 0.352. The largest absolute Gasteiger partial charge is 0.497 e. The highest BCUT2D eigenvalue weighted by Crippen LogP contribution is 2.30. The van der Waals surface area contributed by atoms with E-state index in [0.29, 0.717) is 39.7 Å². The summed E-state index contributed by atoms with van der Waals surface area (Å²) in [6, 6.07) is 8.48. The van der Waals surface area contributed by atoms with Crippen molar-refractivity contribution < 1.29 is 28.2 Å². The zero-order chi connectivity index (χ0) is 26.0. The molecule has 1 aromatic carbocycles. The summed E-state index contributed by atoms with van der Waals surface area (Å²) in [6.07, 6.45) is 1.58. The van der Waals surface area contributed by atoms with E-state index in [1.807, 2.05) is 33.8 Å². The second kappa shape index (κ2) is 10.1. The van der Waals surface area contributed by atoms with Gasteiger partial charge in [-0.2, -0.15) is 5.10 Å². The average Bonchev–Trinajstić information content (AvgIpc) is 3.43. The molecule has 0 unspecified atom stereocenters. The Kier molecular flexibility index (Phi) is 6.96. The third-order valence-corrected chi connectivity index (χ3v) is 5.56. The molecule has 0 aliphatic carbocycles. The number of carbonyl (C=O) groups is 2. The standard InChI is InChI=1S/C26H28N4O6/c1-14(2)30-25-22(12-27-30)21(11-23(29-25)20-7-15(3)36-16(20)4)26(32)35-13-24(31)28-17-8-18(33-5)10-19(9-17)34-6/h7-12,14H,13H2,1-6H3,(H,28,31). The second-order valence-electron chi connectivity index (χ2n) is 8.53. The molecule has 1 amide bonds. The van der Waals surface area contributed by atoms with Gasteiger partial charge < -0.3 is 23.9 Å². The summed E-state index contributed by atoms with van der Waals surface area (Å²) in [5.74, 6) is 1.27. The van der Waals surface area contributed by atoms with Crippen LogP contribution in [0.15, 0.2) is 40.9 Å². The number of carbonyl (C=O) groups excluding carboxylic acids is 2. The molecular weight excluding hydrogens is 464 g/mol. The Morgan fingerprint density at radius 2 is 1.75 bits per heavy atom. The molecule has 0 saturated heterocycles. The van der Waals surface area contributed by atoms with Crippen LogP contribution >= 0.6 is 0 Å². The van der Waals surface area contributed by atoms with Gasteiger partial charge in [0.2, 0.25) is 0 Å². The van der Waals surface area contributed by atoms with Crippen LogP contribution in [0.1, 0.15) is 41.8 Å². The summed E-state index contributed by atoms with van der Waals surface area (Å²) in [4.78, 5) is 30.4. The number of nitrogens with one attached hydrogen (secondary N) is 1. The number of furan rings is 1. The number of pyridine rings is 1. The minimum Gasteiger partial charge on any atom is -0.497 e. The maximum atomic E-state index is 13.1. The summed E-state index contributed by atoms with van der Waals surface area (Å²) in [6.45, 7) is 7.15. The number of methoxy groups -OCH3 is 2. The molecule has 36 heavy (non-hydrogen) atoms. The Hall–Kier alpha value is -4.34. The van der Waals surface area contributed by atoms with Gasteiger partial charge in [-0.05, 0) is 39.8 Å². The van der Waals surface area contributed by atoms with E-state index >= 15 is 0 Å². The van der Waals surface area contributed by atoms with Crippen molar-refractivity contribution in [3.63, 3.8) is 0 Å². The lowest BCUT2D eigenvalue weighted by molar-refractivity contribution is -0.119. The lowest BCUT2D eigenvalue weighted by Crippen LogP contribution is -2.21. The fourth-order valence-corrected chi connectivity index (χ4v) is 3.87. The normalized spacial score (nSPS) is 11.1. The van der Waals surface area contributed by atoms with Crippen molar-refractivity contribution in [1.29, 1.82) is 0 Å². The van der Waals surface area contributed by atoms with Gasteiger partial charge in [0.1, 0.15) is 23.0 Å². The first-order chi connectivity index (χ1) is 17.2. The minimum atomic E-state index is -0.664. The highest BCUT2D eigenvalue weighted by Gasteiger charge is 2.22. The Bertz CT molecular complexity index is 1410. The summed E-state index contributed by atoms with van der Waals surface area (Å²) < 4.78 is 23.2. The van der Waals surface area contributed by atoms with Crippen LogP contribution in [0.3, 0.4) is 0 Å². The number of nitrogens with zero attached hydrogens (tertiary/aromatic N) is 3. The lowest BCUT2D eigenvalue weighted by Gasteiger charge is -2.11. The van der Waals surface area contributed by atoms with Crippen LogP contribution in [-0.2, 0) is 9.53 Å². The highest BCUT2D eigenvalue weighted by atomic mass is 16.5. The van der Waals surface area contributed by atoms with E-state index in [2.05, 4.69) is 10.4 Å². The van der Waals surface area contributed by atoms with Gasteiger partial charge in [0, 0.05) is 35.5 Å². The van der Waals surface area contributed by atoms with E-state index in [1.54, 1.807) is 35.1 Å². The van der Waals surface area contributed by atoms with E-state index in [1.165, 1.54) is 14.2 Å². The first-order valence-corrected chi connectivity index (χ1v) is 11.4. The van der Waals surface area contributed by atoms with Crippen molar-refractivity contribution in [2.45, 2.75) is 33.7 Å². The maximum absolute atomic E-state index is 13.1. The van der Waals surface area contributed by atoms with E-state index in [9.17, 15) is 9.59 Å². The fourth-order valence-electron chi connectivity index (χ4n) is 3.87. The molecule has 0 fully saturated rings. The fraction of sp³-hybridized carbons (Fsp3) is 0.308. The molecule has 0 aliphatic rings. The van der Waals surface area contributed by atoms with Gasteiger partial charge in [-0.15, -0.1) is 0 Å². The number of rotatable bonds is 8. The summed E-state index contributed by atoms with van der Waals surface area (Å²) in [5.41, 5.74) is 2.57. The molecular formula is C26H28N4O6. The molecule has 0 atom stereocenters. The van der Waals surface area contributed by atoms with Gasteiger partial charge in [-0.25, -0.2) is 14.5 Å². The van der Waals surface area contributed by atoms with Crippen LogP contribution in [-0.4, -0.2) is 47.5 Å². The number of aromatic nitrogens is 3. The van der Waals surface area contributed by atoms with Gasteiger partial charge >= 0.3 is 5.97 Å². The number of anilines is 1. The van der Waals surface area contributed by atoms with Crippen molar-refractivity contribution in [1.82, 2.24) is 14.8 Å². The molecule has 1 N–H and O–H groups in total. The van der Waals surface area contributed by atoms with Gasteiger partial charge in [0.05, 0.1) is 37.1 Å². The highest BCUT2D eigenvalue weighted by molar-refractivity contribution is 6.05. The van der Waals surface area contributed by atoms with Crippen LogP contribution in [0, 0.1) is 13.8 Å². The van der Waals surface area contributed by atoms with Crippen molar-refractivity contribution in [2.24, 2.45) is 0 Å². The molecule has 10 heteroatoms. The summed E-state index contributed by atoms with van der Waals surface area (Å²) in [5, 5.41) is 7.62. The Morgan fingerprint density at radius 1 is 1.06 bits per heavy atom. The van der Waals surface area contributed by atoms with Crippen LogP contribution in [0.5, 0.6) is 11.5 Å². The van der Waals surface area contributed by atoms with Crippen molar-refractivity contribution >= 4 is 28.6 Å². The number of aryl methyl sites for hydroxylation is 2. The van der Waals surface area contributed by atoms with Crippen LogP contribution in [0.25, 0.3) is 22.3 Å². The molecule has 4 rings (SSSR count). The first-order valence-electron chi connectivity index (χ1n) is 11.4. The number of esters is 1. The minimum absolute atomic E-state index is 0.0203.